The predicted molar refractivity (Wildman–Crippen MR) is 47.5 cm³/mol. The first-order chi connectivity index (χ1) is 5.27. The normalized spacial score (nSPS) is 38.8. The summed E-state index contributed by atoms with van der Waals surface area (Å²) in [4.78, 5) is 10.6. The molecule has 2 aliphatic rings. The first kappa shape index (κ1) is 9.81. The van der Waals surface area contributed by atoms with Crippen LogP contribution in [0.15, 0.2) is 0 Å². The fraction of sp³-hybridized carbons (Fsp3) is 0.875. The lowest BCUT2D eigenvalue weighted by Gasteiger charge is -2.03. The summed E-state index contributed by atoms with van der Waals surface area (Å²) in [6, 6.07) is 0. The molecule has 0 spiro atoms. The Kier molecular flexibility index (Phi) is 2.96. The summed E-state index contributed by atoms with van der Waals surface area (Å²) in [5.41, 5.74) is 0. The van der Waals surface area contributed by atoms with Gasteiger partial charge in [-0.1, -0.05) is 0 Å². The minimum atomic E-state index is -0.598. The molecule has 3 nitrogen and oxygen atoms in total. The van der Waals surface area contributed by atoms with Gasteiger partial charge in [-0.25, -0.2) is 0 Å². The highest BCUT2D eigenvalue weighted by Gasteiger charge is 2.40. The second-order valence-corrected chi connectivity index (χ2v) is 3.68. The van der Waals surface area contributed by atoms with E-state index >= 15 is 0 Å². The molecule has 1 heterocycles. The van der Waals surface area contributed by atoms with Gasteiger partial charge in [-0.3, -0.25) is 4.79 Å². The molecule has 2 rings (SSSR count). The number of carboxylic acid groups (broad SMARTS) is 1. The van der Waals surface area contributed by atoms with Gasteiger partial charge in [0.2, 0.25) is 0 Å². The minimum absolute atomic E-state index is 0. The largest absolute Gasteiger partial charge is 0.481 e. The summed E-state index contributed by atoms with van der Waals surface area (Å²) >= 11 is 0. The van der Waals surface area contributed by atoms with Crippen LogP contribution in [0.2, 0.25) is 0 Å². The van der Waals surface area contributed by atoms with Crippen LogP contribution in [0.1, 0.15) is 12.8 Å². The summed E-state index contributed by atoms with van der Waals surface area (Å²) in [6.07, 6.45) is 1.79. The molecule has 0 radical (unpaired) electrons. The van der Waals surface area contributed by atoms with Crippen molar-refractivity contribution in [3.63, 3.8) is 0 Å². The fourth-order valence-electron chi connectivity index (χ4n) is 2.37. The standard InChI is InChI=1S/C8H13NO2.ClH/c10-8(11)5-1-6-3-9-4-7(6)2-5;/h5-7,9H,1-4H2,(H,10,11);1H. The molecule has 0 aromatic heterocycles. The van der Waals surface area contributed by atoms with Crippen molar-refractivity contribution in [2.75, 3.05) is 13.1 Å². The monoisotopic (exact) mass is 191 g/mol. The van der Waals surface area contributed by atoms with E-state index in [9.17, 15) is 4.79 Å². The van der Waals surface area contributed by atoms with Crippen molar-refractivity contribution in [3.8, 4) is 0 Å². The summed E-state index contributed by atoms with van der Waals surface area (Å²) < 4.78 is 0. The van der Waals surface area contributed by atoms with Crippen molar-refractivity contribution >= 4 is 18.4 Å². The molecule has 4 heteroatoms. The van der Waals surface area contributed by atoms with Gasteiger partial charge in [-0.2, -0.15) is 0 Å². The van der Waals surface area contributed by atoms with Crippen LogP contribution in [0.4, 0.5) is 0 Å². The zero-order valence-electron chi connectivity index (χ0n) is 6.82. The lowest BCUT2D eigenvalue weighted by molar-refractivity contribution is -0.141. The number of hydrogen-bond donors (Lipinski definition) is 2. The van der Waals surface area contributed by atoms with Gasteiger partial charge in [-0.05, 0) is 37.8 Å². The molecule has 2 fully saturated rings. The average Bonchev–Trinajstić information content (AvgIpc) is 2.40. The molecule has 12 heavy (non-hydrogen) atoms. The average molecular weight is 192 g/mol. The molecule has 1 aliphatic carbocycles. The van der Waals surface area contributed by atoms with E-state index in [0.717, 1.165) is 25.9 Å². The van der Waals surface area contributed by atoms with Gasteiger partial charge in [0.1, 0.15) is 0 Å². The summed E-state index contributed by atoms with van der Waals surface area (Å²) in [7, 11) is 0. The molecular formula is C8H14ClNO2. The third-order valence-electron chi connectivity index (χ3n) is 3.00. The molecule has 0 aromatic carbocycles. The van der Waals surface area contributed by atoms with Crippen LogP contribution in [-0.4, -0.2) is 24.2 Å². The van der Waals surface area contributed by atoms with Gasteiger partial charge < -0.3 is 10.4 Å². The Morgan fingerprint density at radius 1 is 1.25 bits per heavy atom. The second kappa shape index (κ2) is 3.62. The number of fused-ring (bicyclic) bond motifs is 1. The number of nitrogens with one attached hydrogen (secondary N) is 1. The highest BCUT2D eigenvalue weighted by Crippen LogP contribution is 2.38. The van der Waals surface area contributed by atoms with Crippen molar-refractivity contribution in [3.05, 3.63) is 0 Å². The maximum absolute atomic E-state index is 10.6. The highest BCUT2D eigenvalue weighted by molar-refractivity contribution is 5.85. The third-order valence-corrected chi connectivity index (χ3v) is 3.00. The van der Waals surface area contributed by atoms with E-state index < -0.39 is 5.97 Å². The first-order valence-electron chi connectivity index (χ1n) is 4.21. The van der Waals surface area contributed by atoms with Gasteiger partial charge >= 0.3 is 5.97 Å². The number of carbonyl (C=O) groups is 1. The molecular weight excluding hydrogens is 178 g/mol. The zero-order chi connectivity index (χ0) is 7.84. The molecule has 0 aromatic rings. The molecule has 0 bridgehead atoms. The number of aliphatic carboxylic acids is 1. The predicted octanol–water partition coefficient (Wildman–Crippen LogP) is 0.738. The maximum Gasteiger partial charge on any atom is 0.306 e. The molecule has 1 aliphatic heterocycles. The highest BCUT2D eigenvalue weighted by atomic mass is 35.5. The van der Waals surface area contributed by atoms with Crippen LogP contribution >= 0.6 is 12.4 Å². The summed E-state index contributed by atoms with van der Waals surface area (Å²) in [5, 5.41) is 12.0. The van der Waals surface area contributed by atoms with Crippen molar-refractivity contribution in [2.24, 2.45) is 17.8 Å². The lowest BCUT2D eigenvalue weighted by atomic mass is 10.0. The van der Waals surface area contributed by atoms with Crippen LogP contribution in [0.5, 0.6) is 0 Å². The Bertz CT molecular complexity index is 174. The van der Waals surface area contributed by atoms with Crippen LogP contribution in [0.3, 0.4) is 0 Å². The van der Waals surface area contributed by atoms with Crippen molar-refractivity contribution in [1.29, 1.82) is 0 Å². The van der Waals surface area contributed by atoms with E-state index in [1.807, 2.05) is 0 Å². The topological polar surface area (TPSA) is 49.3 Å². The zero-order valence-corrected chi connectivity index (χ0v) is 7.64. The van der Waals surface area contributed by atoms with Gasteiger partial charge in [0.15, 0.2) is 0 Å². The summed E-state index contributed by atoms with van der Waals surface area (Å²) in [6.45, 7) is 2.07. The van der Waals surface area contributed by atoms with Crippen molar-refractivity contribution < 1.29 is 9.90 Å². The van der Waals surface area contributed by atoms with Crippen LogP contribution in [0.25, 0.3) is 0 Å². The van der Waals surface area contributed by atoms with E-state index in [0.29, 0.717) is 11.8 Å². The van der Waals surface area contributed by atoms with Crippen LogP contribution in [-0.2, 0) is 4.79 Å². The number of rotatable bonds is 1. The van der Waals surface area contributed by atoms with Crippen LogP contribution in [0, 0.1) is 17.8 Å². The van der Waals surface area contributed by atoms with Crippen molar-refractivity contribution in [1.82, 2.24) is 5.32 Å². The molecule has 2 atom stereocenters. The maximum atomic E-state index is 10.6. The van der Waals surface area contributed by atoms with E-state index in [1.54, 1.807) is 0 Å². The van der Waals surface area contributed by atoms with E-state index in [2.05, 4.69) is 5.32 Å². The number of carboxylic acids is 1. The van der Waals surface area contributed by atoms with Gasteiger partial charge in [0.25, 0.3) is 0 Å². The SMILES string of the molecule is Cl.O=C(O)C1CC2CNCC2C1. The van der Waals surface area contributed by atoms with Gasteiger partial charge in [0.05, 0.1) is 5.92 Å². The Morgan fingerprint density at radius 3 is 2.17 bits per heavy atom. The Hall–Kier alpha value is -0.280. The molecule has 1 saturated heterocycles. The second-order valence-electron chi connectivity index (χ2n) is 3.68. The summed E-state index contributed by atoms with van der Waals surface area (Å²) in [5.74, 6) is 0.652. The first-order valence-corrected chi connectivity index (χ1v) is 4.21. The lowest BCUT2D eigenvalue weighted by Crippen LogP contribution is -2.16. The number of hydrogen-bond acceptors (Lipinski definition) is 2. The Balaban J connectivity index is 0.000000720. The third kappa shape index (κ3) is 1.57. The Labute approximate surface area is 77.9 Å². The van der Waals surface area contributed by atoms with Gasteiger partial charge in [-0.15, -0.1) is 12.4 Å². The smallest absolute Gasteiger partial charge is 0.306 e. The Morgan fingerprint density at radius 2 is 1.75 bits per heavy atom. The molecule has 2 N–H and O–H groups in total. The number of halogens is 1. The van der Waals surface area contributed by atoms with E-state index in [-0.39, 0.29) is 18.3 Å². The van der Waals surface area contributed by atoms with E-state index in [1.165, 1.54) is 0 Å². The molecule has 1 saturated carbocycles. The van der Waals surface area contributed by atoms with Crippen molar-refractivity contribution in [2.45, 2.75) is 12.8 Å². The molecule has 70 valence electrons. The quantitative estimate of drug-likeness (QED) is 0.643. The molecule has 2 unspecified atom stereocenters. The molecule has 0 amide bonds. The van der Waals surface area contributed by atoms with E-state index in [4.69, 9.17) is 5.11 Å². The fourth-order valence-corrected chi connectivity index (χ4v) is 2.37. The van der Waals surface area contributed by atoms with Crippen LogP contribution < -0.4 is 5.32 Å². The minimum Gasteiger partial charge on any atom is -0.481 e. The van der Waals surface area contributed by atoms with Gasteiger partial charge in [0, 0.05) is 0 Å².